The maximum Gasteiger partial charge on any atom is 0.249 e. The predicted molar refractivity (Wildman–Crippen MR) is 132 cm³/mol. The first-order valence-electron chi connectivity index (χ1n) is 11.9. The van der Waals surface area contributed by atoms with E-state index in [9.17, 15) is 8.78 Å². The van der Waals surface area contributed by atoms with Crippen molar-refractivity contribution in [1.29, 1.82) is 0 Å². The first-order chi connectivity index (χ1) is 17.1. The van der Waals surface area contributed by atoms with Gasteiger partial charge in [0.1, 0.15) is 11.5 Å². The number of pyridine rings is 2. The molecule has 0 bridgehead atoms. The number of alkyl halides is 2. The van der Waals surface area contributed by atoms with Crippen LogP contribution in [0.5, 0.6) is 0 Å². The van der Waals surface area contributed by atoms with E-state index in [1.54, 1.807) is 12.4 Å². The maximum absolute atomic E-state index is 13.5. The Morgan fingerprint density at radius 1 is 1.06 bits per heavy atom. The number of halogens is 2. The second kappa shape index (κ2) is 7.64. The Balaban J connectivity index is 1.40. The molecule has 2 N–H and O–H groups in total. The zero-order chi connectivity index (χ0) is 23.6. The van der Waals surface area contributed by atoms with E-state index in [0.717, 1.165) is 70.7 Å². The number of aromatic amines is 1. The molecule has 0 aromatic carbocycles. The predicted octanol–water partition coefficient (Wildman–Crippen LogP) is 4.44. The lowest BCUT2D eigenvalue weighted by Gasteiger charge is -2.34. The number of hydrogen-bond donors (Lipinski definition) is 2. The summed E-state index contributed by atoms with van der Waals surface area (Å²) in [5, 5.41) is 5.25. The van der Waals surface area contributed by atoms with Gasteiger partial charge in [-0.25, -0.2) is 23.7 Å². The van der Waals surface area contributed by atoms with Gasteiger partial charge in [0.2, 0.25) is 5.92 Å². The monoisotopic (exact) mass is 471 g/mol. The molecule has 1 saturated heterocycles. The van der Waals surface area contributed by atoms with Crippen molar-refractivity contribution < 1.29 is 8.78 Å². The molecular formula is C26H23F2N7. The molecule has 35 heavy (non-hydrogen) atoms. The highest BCUT2D eigenvalue weighted by Crippen LogP contribution is 2.48. The molecule has 2 aliphatic carbocycles. The van der Waals surface area contributed by atoms with Crippen LogP contribution in [0.3, 0.4) is 0 Å². The van der Waals surface area contributed by atoms with Crippen LogP contribution in [0.15, 0.2) is 49.0 Å². The molecule has 0 unspecified atom stereocenters. The van der Waals surface area contributed by atoms with Gasteiger partial charge in [-0.15, -0.1) is 0 Å². The van der Waals surface area contributed by atoms with E-state index in [-0.39, 0.29) is 18.8 Å². The van der Waals surface area contributed by atoms with Crippen molar-refractivity contribution in [3.63, 3.8) is 0 Å². The largest absolute Gasteiger partial charge is 0.353 e. The lowest BCUT2D eigenvalue weighted by Crippen LogP contribution is -2.44. The standard InChI is InChI=1S/C26H23F2N7/c27-26(28)11-16(12-26)20-10-18-17(4-5-31-23(18)32-20)24-33-21-14-30-13-19(15-2-1-3-15)22(21)25(34-24)35-8-6-29-7-9-35/h1-5,10,13-14,16,29H,6-9,11-12H2,(H,31,32). The van der Waals surface area contributed by atoms with Crippen molar-refractivity contribution in [3.05, 3.63) is 60.2 Å². The fourth-order valence-corrected chi connectivity index (χ4v) is 5.22. The highest BCUT2D eigenvalue weighted by atomic mass is 19.3. The topological polar surface area (TPSA) is 82.6 Å². The molecule has 1 aliphatic heterocycles. The fraction of sp³-hybridized carbons (Fsp3) is 0.308. The minimum Gasteiger partial charge on any atom is -0.353 e. The van der Waals surface area contributed by atoms with Gasteiger partial charge in [0.05, 0.1) is 17.1 Å². The number of anilines is 1. The average molecular weight is 472 g/mol. The Morgan fingerprint density at radius 2 is 1.89 bits per heavy atom. The SMILES string of the molecule is FC1(F)CC(c2cc3c(-c4nc(N5CCNCC5)c5c(C6=CC=C6)cncc5n4)ccnc3[nH]2)C1. The summed E-state index contributed by atoms with van der Waals surface area (Å²) in [4.78, 5) is 24.5. The molecule has 5 heterocycles. The molecule has 0 amide bonds. The Kier molecular flexibility index (Phi) is 4.51. The Bertz CT molecular complexity index is 1520. The molecule has 4 aromatic rings. The molecule has 4 aromatic heterocycles. The number of allylic oxidation sites excluding steroid dienone is 4. The number of fused-ring (bicyclic) bond motifs is 2. The molecule has 0 radical (unpaired) electrons. The van der Waals surface area contributed by atoms with Crippen LogP contribution in [0.25, 0.3) is 38.9 Å². The van der Waals surface area contributed by atoms with Crippen molar-refractivity contribution in [2.75, 3.05) is 31.1 Å². The van der Waals surface area contributed by atoms with E-state index < -0.39 is 5.92 Å². The molecular weight excluding hydrogens is 448 g/mol. The Labute approximate surface area is 200 Å². The number of aromatic nitrogens is 5. The minimum atomic E-state index is -2.58. The second-order valence-electron chi connectivity index (χ2n) is 9.48. The van der Waals surface area contributed by atoms with Crippen LogP contribution in [0.2, 0.25) is 0 Å². The van der Waals surface area contributed by atoms with Gasteiger partial charge in [-0.05, 0) is 17.7 Å². The average Bonchev–Trinajstić information content (AvgIpc) is 3.25. The van der Waals surface area contributed by atoms with Crippen molar-refractivity contribution in [2.24, 2.45) is 0 Å². The van der Waals surface area contributed by atoms with Crippen LogP contribution in [-0.2, 0) is 0 Å². The first-order valence-corrected chi connectivity index (χ1v) is 11.9. The van der Waals surface area contributed by atoms with Crippen LogP contribution in [-0.4, -0.2) is 57.0 Å². The number of hydrogen-bond acceptors (Lipinski definition) is 6. The smallest absolute Gasteiger partial charge is 0.249 e. The van der Waals surface area contributed by atoms with Gasteiger partial charge in [0.15, 0.2) is 5.82 Å². The molecule has 176 valence electrons. The molecule has 0 spiro atoms. The number of H-pyrrole nitrogens is 1. The summed E-state index contributed by atoms with van der Waals surface area (Å²) in [7, 11) is 0. The van der Waals surface area contributed by atoms with Gasteiger partial charge in [0.25, 0.3) is 0 Å². The molecule has 1 saturated carbocycles. The maximum atomic E-state index is 13.5. The van der Waals surface area contributed by atoms with Crippen LogP contribution in [0, 0.1) is 0 Å². The quantitative estimate of drug-likeness (QED) is 0.458. The van der Waals surface area contributed by atoms with Gasteiger partial charge < -0.3 is 15.2 Å². The summed E-state index contributed by atoms with van der Waals surface area (Å²) in [5.74, 6) is -1.28. The van der Waals surface area contributed by atoms with Crippen molar-refractivity contribution in [3.8, 4) is 11.4 Å². The van der Waals surface area contributed by atoms with Crippen LogP contribution >= 0.6 is 0 Å². The number of nitrogens with one attached hydrogen (secondary N) is 2. The molecule has 0 atom stereocenters. The Hall–Kier alpha value is -3.72. The lowest BCUT2D eigenvalue weighted by molar-refractivity contribution is -0.0874. The minimum absolute atomic E-state index is 0.131. The third-order valence-electron chi connectivity index (χ3n) is 7.19. The Morgan fingerprint density at radius 3 is 2.63 bits per heavy atom. The highest BCUT2D eigenvalue weighted by molar-refractivity contribution is 6.03. The van der Waals surface area contributed by atoms with Gasteiger partial charge >= 0.3 is 0 Å². The van der Waals surface area contributed by atoms with E-state index in [0.29, 0.717) is 11.5 Å². The second-order valence-corrected chi connectivity index (χ2v) is 9.48. The van der Waals surface area contributed by atoms with Gasteiger partial charge in [-0.3, -0.25) is 4.98 Å². The van der Waals surface area contributed by atoms with E-state index in [1.165, 1.54) is 0 Å². The first kappa shape index (κ1) is 20.6. The van der Waals surface area contributed by atoms with Crippen molar-refractivity contribution >= 4 is 33.3 Å². The third kappa shape index (κ3) is 3.41. The zero-order valence-corrected chi connectivity index (χ0v) is 18.9. The molecule has 9 heteroatoms. The van der Waals surface area contributed by atoms with Crippen LogP contribution < -0.4 is 10.2 Å². The summed E-state index contributed by atoms with van der Waals surface area (Å²) in [6.45, 7) is 3.46. The van der Waals surface area contributed by atoms with Gasteiger partial charge in [-0.2, -0.15) is 0 Å². The van der Waals surface area contributed by atoms with E-state index in [1.807, 2.05) is 24.4 Å². The van der Waals surface area contributed by atoms with E-state index in [4.69, 9.17) is 9.97 Å². The number of rotatable bonds is 4. The van der Waals surface area contributed by atoms with E-state index >= 15 is 0 Å². The summed E-state index contributed by atoms with van der Waals surface area (Å²) in [6, 6.07) is 3.83. The lowest BCUT2D eigenvalue weighted by atomic mass is 9.79. The summed E-state index contributed by atoms with van der Waals surface area (Å²) in [5.41, 5.74) is 5.21. The van der Waals surface area contributed by atoms with Crippen molar-refractivity contribution in [1.82, 2.24) is 30.2 Å². The molecule has 7 nitrogen and oxygen atoms in total. The highest BCUT2D eigenvalue weighted by Gasteiger charge is 2.46. The summed E-state index contributed by atoms with van der Waals surface area (Å²) >= 11 is 0. The van der Waals surface area contributed by atoms with Crippen LogP contribution in [0.4, 0.5) is 14.6 Å². The number of piperazine rings is 1. The summed E-state index contributed by atoms with van der Waals surface area (Å²) in [6.07, 6.45) is 11.3. The van der Waals surface area contributed by atoms with Gasteiger partial charge in [0, 0.05) is 79.5 Å². The fourth-order valence-electron chi connectivity index (χ4n) is 5.22. The zero-order valence-electron chi connectivity index (χ0n) is 18.9. The van der Waals surface area contributed by atoms with Gasteiger partial charge in [-0.1, -0.05) is 18.2 Å². The number of nitrogens with zero attached hydrogens (tertiary/aromatic N) is 5. The molecule has 3 aliphatic rings. The normalized spacial score (nSPS) is 19.6. The van der Waals surface area contributed by atoms with Crippen LogP contribution in [0.1, 0.15) is 30.0 Å². The molecule has 7 rings (SSSR count). The summed E-state index contributed by atoms with van der Waals surface area (Å²) < 4.78 is 27.0. The molecule has 2 fully saturated rings. The van der Waals surface area contributed by atoms with Crippen molar-refractivity contribution in [2.45, 2.75) is 24.7 Å². The van der Waals surface area contributed by atoms with E-state index in [2.05, 4.69) is 37.3 Å². The third-order valence-corrected chi connectivity index (χ3v) is 7.19.